The van der Waals surface area contributed by atoms with E-state index in [1.54, 1.807) is 6.92 Å². The summed E-state index contributed by atoms with van der Waals surface area (Å²) in [4.78, 5) is 11.0. The van der Waals surface area contributed by atoms with Crippen molar-refractivity contribution in [2.75, 3.05) is 13.2 Å². The Morgan fingerprint density at radius 1 is 1.24 bits per heavy atom. The van der Waals surface area contributed by atoms with E-state index in [9.17, 15) is 4.79 Å². The van der Waals surface area contributed by atoms with Gasteiger partial charge in [-0.15, -0.1) is 0 Å². The van der Waals surface area contributed by atoms with Crippen LogP contribution < -0.4 is 20.9 Å². The number of hydrogen-bond acceptors (Lipinski definition) is 4. The Bertz CT molecular complexity index is 463. The van der Waals surface area contributed by atoms with Gasteiger partial charge in [-0.1, -0.05) is 19.9 Å². The third kappa shape index (κ3) is 5.63. The minimum absolute atomic E-state index is 0.140. The molecule has 0 spiro atoms. The van der Waals surface area contributed by atoms with Crippen molar-refractivity contribution in [3.05, 3.63) is 23.8 Å². The lowest BCUT2D eigenvalue weighted by Gasteiger charge is -2.16. The van der Waals surface area contributed by atoms with Crippen LogP contribution in [0, 0.1) is 5.92 Å². The molecule has 0 fully saturated rings. The van der Waals surface area contributed by atoms with Crippen LogP contribution in [0.1, 0.15) is 32.8 Å². The number of amides is 1. The zero-order valence-corrected chi connectivity index (χ0v) is 13.1. The predicted octanol–water partition coefficient (Wildman–Crippen LogP) is 1.87. The summed E-state index contributed by atoms with van der Waals surface area (Å²) in [5.74, 6) is 0.583. The first-order valence-electron chi connectivity index (χ1n) is 7.41. The van der Waals surface area contributed by atoms with Crippen LogP contribution in [-0.2, 0) is 11.2 Å². The molecule has 0 aromatic heterocycles. The normalized spacial score (nSPS) is 13.5. The molecule has 0 aliphatic carbocycles. The van der Waals surface area contributed by atoms with Gasteiger partial charge in [0.25, 0.3) is 0 Å². The molecule has 0 aliphatic rings. The van der Waals surface area contributed by atoms with Crippen LogP contribution in [0.3, 0.4) is 0 Å². The van der Waals surface area contributed by atoms with E-state index in [4.69, 9.17) is 20.9 Å². The second-order valence-electron chi connectivity index (χ2n) is 5.20. The van der Waals surface area contributed by atoms with Gasteiger partial charge in [-0.3, -0.25) is 4.79 Å². The quantitative estimate of drug-likeness (QED) is 0.727. The van der Waals surface area contributed by atoms with Gasteiger partial charge in [-0.25, -0.2) is 0 Å². The molecule has 4 N–H and O–H groups in total. The van der Waals surface area contributed by atoms with E-state index in [-0.39, 0.29) is 24.5 Å². The first-order chi connectivity index (χ1) is 9.97. The van der Waals surface area contributed by atoms with Crippen LogP contribution in [-0.4, -0.2) is 25.2 Å². The summed E-state index contributed by atoms with van der Waals surface area (Å²) in [6, 6.07) is 5.92. The maximum Gasteiger partial charge on any atom is 0.223 e. The molecule has 0 radical (unpaired) electrons. The highest BCUT2D eigenvalue weighted by atomic mass is 16.5. The molecule has 1 aromatic carbocycles. The zero-order valence-electron chi connectivity index (χ0n) is 13.1. The summed E-state index contributed by atoms with van der Waals surface area (Å²) in [6.45, 7) is 6.50. The monoisotopic (exact) mass is 294 g/mol. The molecule has 0 heterocycles. The van der Waals surface area contributed by atoms with Crippen molar-refractivity contribution in [1.29, 1.82) is 0 Å². The van der Waals surface area contributed by atoms with Gasteiger partial charge in [0.2, 0.25) is 5.91 Å². The molecule has 0 bridgehead atoms. The molecule has 118 valence electrons. The number of benzene rings is 1. The molecular weight excluding hydrogens is 268 g/mol. The van der Waals surface area contributed by atoms with Crippen molar-refractivity contribution in [2.45, 2.75) is 39.7 Å². The molecule has 0 saturated heterocycles. The fraction of sp³-hybridized carbons (Fsp3) is 0.562. The molecule has 1 rings (SSSR count). The molecule has 5 heteroatoms. The Kier molecular flexibility index (Phi) is 7.02. The van der Waals surface area contributed by atoms with Gasteiger partial charge in [0.05, 0.1) is 19.1 Å². The summed E-state index contributed by atoms with van der Waals surface area (Å²) in [7, 11) is 0. The topological polar surface area (TPSA) is 87.6 Å². The van der Waals surface area contributed by atoms with Gasteiger partial charge < -0.3 is 20.9 Å². The molecular formula is C16H26N2O3. The first kappa shape index (κ1) is 17.3. The summed E-state index contributed by atoms with van der Waals surface area (Å²) < 4.78 is 11.2. The summed E-state index contributed by atoms with van der Waals surface area (Å²) in [6.07, 6.45) is 1.73. The minimum Gasteiger partial charge on any atom is -0.490 e. The van der Waals surface area contributed by atoms with Crippen LogP contribution in [0.15, 0.2) is 18.2 Å². The molecule has 5 nitrogen and oxygen atoms in total. The van der Waals surface area contributed by atoms with E-state index in [0.717, 1.165) is 18.4 Å². The van der Waals surface area contributed by atoms with Crippen LogP contribution in [0.2, 0.25) is 0 Å². The highest BCUT2D eigenvalue weighted by Crippen LogP contribution is 2.29. The third-order valence-corrected chi connectivity index (χ3v) is 3.30. The smallest absolute Gasteiger partial charge is 0.223 e. The van der Waals surface area contributed by atoms with Gasteiger partial charge in [-0.05, 0) is 37.5 Å². The van der Waals surface area contributed by atoms with Gasteiger partial charge >= 0.3 is 0 Å². The van der Waals surface area contributed by atoms with E-state index in [1.165, 1.54) is 0 Å². The molecule has 1 amide bonds. The fourth-order valence-corrected chi connectivity index (χ4v) is 1.81. The molecule has 0 aliphatic heterocycles. The minimum atomic E-state index is -0.376. The lowest BCUT2D eigenvalue weighted by Crippen LogP contribution is -2.26. The number of nitrogens with two attached hydrogens (primary N) is 2. The molecule has 2 unspecified atom stereocenters. The lowest BCUT2D eigenvalue weighted by atomic mass is 10.0. The van der Waals surface area contributed by atoms with Crippen LogP contribution in [0.5, 0.6) is 11.5 Å². The van der Waals surface area contributed by atoms with Crippen molar-refractivity contribution >= 4 is 5.91 Å². The average Bonchev–Trinajstić information content (AvgIpc) is 2.46. The number of carbonyl (C=O) groups is 1. The molecule has 1 aromatic rings. The van der Waals surface area contributed by atoms with Gasteiger partial charge in [-0.2, -0.15) is 0 Å². The van der Waals surface area contributed by atoms with E-state index >= 15 is 0 Å². The van der Waals surface area contributed by atoms with Crippen molar-refractivity contribution in [3.8, 4) is 11.5 Å². The van der Waals surface area contributed by atoms with Crippen molar-refractivity contribution in [1.82, 2.24) is 0 Å². The second kappa shape index (κ2) is 8.52. The highest BCUT2D eigenvalue weighted by molar-refractivity contribution is 5.76. The maximum atomic E-state index is 11.0. The average molecular weight is 294 g/mol. The SMILES string of the molecule is CCOc1cc(CC(N)CC)ccc1OCC(C)C(N)=O. The fourth-order valence-electron chi connectivity index (χ4n) is 1.81. The molecule has 0 saturated carbocycles. The number of primary amides is 1. The van der Waals surface area contributed by atoms with Crippen LogP contribution >= 0.6 is 0 Å². The Morgan fingerprint density at radius 2 is 1.95 bits per heavy atom. The second-order valence-corrected chi connectivity index (χ2v) is 5.20. The Morgan fingerprint density at radius 3 is 2.52 bits per heavy atom. The van der Waals surface area contributed by atoms with E-state index in [2.05, 4.69) is 6.92 Å². The van der Waals surface area contributed by atoms with Gasteiger partial charge in [0, 0.05) is 6.04 Å². The Hall–Kier alpha value is -1.75. The van der Waals surface area contributed by atoms with E-state index in [0.29, 0.717) is 18.1 Å². The maximum absolute atomic E-state index is 11.0. The van der Waals surface area contributed by atoms with E-state index in [1.807, 2.05) is 25.1 Å². The van der Waals surface area contributed by atoms with Crippen molar-refractivity contribution in [3.63, 3.8) is 0 Å². The van der Waals surface area contributed by atoms with Gasteiger partial charge in [0.15, 0.2) is 11.5 Å². The largest absolute Gasteiger partial charge is 0.490 e. The third-order valence-electron chi connectivity index (χ3n) is 3.30. The number of rotatable bonds is 9. The van der Waals surface area contributed by atoms with Crippen LogP contribution in [0.25, 0.3) is 0 Å². The Labute approximate surface area is 126 Å². The standard InChI is InChI=1S/C16H26N2O3/c1-4-13(17)8-12-6-7-14(15(9-12)20-5-2)21-10-11(3)16(18)19/h6-7,9,11,13H,4-5,8,10,17H2,1-3H3,(H2,18,19). The predicted molar refractivity (Wildman–Crippen MR) is 83.4 cm³/mol. The molecule has 21 heavy (non-hydrogen) atoms. The van der Waals surface area contributed by atoms with E-state index < -0.39 is 0 Å². The van der Waals surface area contributed by atoms with Gasteiger partial charge in [0.1, 0.15) is 0 Å². The highest BCUT2D eigenvalue weighted by Gasteiger charge is 2.13. The van der Waals surface area contributed by atoms with Crippen molar-refractivity contribution < 1.29 is 14.3 Å². The van der Waals surface area contributed by atoms with Crippen LogP contribution in [0.4, 0.5) is 0 Å². The van der Waals surface area contributed by atoms with Crippen molar-refractivity contribution in [2.24, 2.45) is 17.4 Å². The lowest BCUT2D eigenvalue weighted by molar-refractivity contribution is -0.122. The summed E-state index contributed by atoms with van der Waals surface area (Å²) in [5.41, 5.74) is 12.3. The molecule has 2 atom stereocenters. The number of ether oxygens (including phenoxy) is 2. The summed E-state index contributed by atoms with van der Waals surface area (Å²) in [5, 5.41) is 0. The number of hydrogen-bond donors (Lipinski definition) is 2. The number of carbonyl (C=O) groups excluding carboxylic acids is 1. The summed E-state index contributed by atoms with van der Waals surface area (Å²) >= 11 is 0. The Balaban J connectivity index is 2.81. The first-order valence-corrected chi connectivity index (χ1v) is 7.41. The zero-order chi connectivity index (χ0) is 15.8.